The van der Waals surface area contributed by atoms with E-state index in [2.05, 4.69) is 20.4 Å². The second-order valence-corrected chi connectivity index (χ2v) is 7.58. The normalized spacial score (nSPS) is 11.8. The van der Waals surface area contributed by atoms with Gasteiger partial charge in [0.05, 0.1) is 22.8 Å². The maximum atomic E-state index is 12.7. The van der Waals surface area contributed by atoms with E-state index in [0.717, 1.165) is 16.1 Å². The average Bonchev–Trinajstić information content (AvgIpc) is 3.33. The number of nitrogens with one attached hydrogen (secondary N) is 1. The van der Waals surface area contributed by atoms with Crippen LogP contribution in [0.3, 0.4) is 0 Å². The molecule has 0 bridgehead atoms. The summed E-state index contributed by atoms with van der Waals surface area (Å²) in [5, 5.41) is 9.14. The predicted molar refractivity (Wildman–Crippen MR) is 116 cm³/mol. The summed E-state index contributed by atoms with van der Waals surface area (Å²) < 4.78 is 1.21. The van der Waals surface area contributed by atoms with Crippen LogP contribution in [0.5, 0.6) is 0 Å². The number of benzene rings is 1. The number of carbonyl (C=O) groups is 1. The van der Waals surface area contributed by atoms with Crippen LogP contribution >= 0.6 is 11.3 Å². The van der Waals surface area contributed by atoms with Gasteiger partial charge in [-0.1, -0.05) is 36.4 Å². The van der Waals surface area contributed by atoms with Crippen molar-refractivity contribution in [3.63, 3.8) is 0 Å². The van der Waals surface area contributed by atoms with Gasteiger partial charge in [-0.3, -0.25) is 9.59 Å². The van der Waals surface area contributed by atoms with Crippen molar-refractivity contribution in [3.8, 4) is 21.8 Å². The molecule has 150 valence electrons. The molecule has 0 aliphatic carbocycles. The fraction of sp³-hybridized carbons (Fsp3) is 0.136. The molecule has 0 fully saturated rings. The Morgan fingerprint density at radius 3 is 2.67 bits per heavy atom. The number of thiophene rings is 1. The lowest BCUT2D eigenvalue weighted by molar-refractivity contribution is -0.124. The number of nitrogens with zero attached hydrogens (tertiary/aromatic N) is 4. The molecule has 0 saturated carbocycles. The first-order chi connectivity index (χ1) is 14.6. The van der Waals surface area contributed by atoms with Gasteiger partial charge in [-0.25, -0.2) is 14.6 Å². The molecule has 3 aromatic heterocycles. The Morgan fingerprint density at radius 1 is 1.07 bits per heavy atom. The lowest BCUT2D eigenvalue weighted by Gasteiger charge is -2.14. The first-order valence-electron chi connectivity index (χ1n) is 9.39. The molecule has 0 aliphatic rings. The van der Waals surface area contributed by atoms with Crippen LogP contribution in [0.2, 0.25) is 0 Å². The minimum absolute atomic E-state index is 0.227. The van der Waals surface area contributed by atoms with Gasteiger partial charge in [0.2, 0.25) is 5.91 Å². The Kier molecular flexibility index (Phi) is 5.76. The Morgan fingerprint density at radius 2 is 1.90 bits per heavy atom. The van der Waals surface area contributed by atoms with Crippen molar-refractivity contribution in [2.45, 2.75) is 19.5 Å². The minimum Gasteiger partial charge on any atom is -0.349 e. The second kappa shape index (κ2) is 8.79. The van der Waals surface area contributed by atoms with Crippen LogP contribution in [0.15, 0.2) is 77.2 Å². The van der Waals surface area contributed by atoms with Crippen molar-refractivity contribution in [1.82, 2.24) is 25.1 Å². The van der Waals surface area contributed by atoms with Crippen LogP contribution < -0.4 is 10.9 Å². The van der Waals surface area contributed by atoms with Gasteiger partial charge < -0.3 is 5.32 Å². The maximum absolute atomic E-state index is 12.7. The Bertz CT molecular complexity index is 1210. The first-order valence-corrected chi connectivity index (χ1v) is 10.3. The van der Waals surface area contributed by atoms with Crippen molar-refractivity contribution < 1.29 is 4.79 Å². The third kappa shape index (κ3) is 4.33. The zero-order valence-electron chi connectivity index (χ0n) is 16.2. The van der Waals surface area contributed by atoms with E-state index in [4.69, 9.17) is 0 Å². The molecule has 0 radical (unpaired) electrons. The number of hydrogen-bond acceptors (Lipinski definition) is 6. The summed E-state index contributed by atoms with van der Waals surface area (Å²) in [6, 6.07) is 17.8. The average molecular weight is 417 g/mol. The number of hydrogen-bond donors (Lipinski definition) is 1. The molecule has 3 heterocycles. The van der Waals surface area contributed by atoms with E-state index in [1.54, 1.807) is 13.0 Å². The number of rotatable bonds is 6. The molecule has 0 saturated heterocycles. The third-order valence-corrected chi connectivity index (χ3v) is 5.47. The Balaban J connectivity index is 1.47. The van der Waals surface area contributed by atoms with Gasteiger partial charge in [0, 0.05) is 11.6 Å². The minimum atomic E-state index is -0.757. The molecule has 4 aromatic rings. The zero-order valence-corrected chi connectivity index (χ0v) is 17.0. The van der Waals surface area contributed by atoms with E-state index < -0.39 is 6.04 Å². The molecular weight excluding hydrogens is 398 g/mol. The highest BCUT2D eigenvalue weighted by atomic mass is 32.1. The molecule has 8 heteroatoms. The monoisotopic (exact) mass is 417 g/mol. The van der Waals surface area contributed by atoms with Gasteiger partial charge in [-0.05, 0) is 30.5 Å². The van der Waals surface area contributed by atoms with E-state index in [1.165, 1.54) is 28.4 Å². The molecule has 7 nitrogen and oxygen atoms in total. The van der Waals surface area contributed by atoms with Gasteiger partial charge in [0.1, 0.15) is 18.1 Å². The second-order valence-electron chi connectivity index (χ2n) is 6.63. The van der Waals surface area contributed by atoms with E-state index >= 15 is 0 Å². The van der Waals surface area contributed by atoms with E-state index in [0.29, 0.717) is 11.4 Å². The summed E-state index contributed by atoms with van der Waals surface area (Å²) in [7, 11) is 0. The molecule has 1 aromatic carbocycles. The standard InChI is InChI=1S/C22H19N5O2S/c1-15(27-21(28)10-9-18(26-27)20-8-5-11-30-20)22(29)23-13-17-12-19(25-14-24-17)16-6-3-2-4-7-16/h2-12,14-15H,13H2,1H3,(H,23,29). The maximum Gasteiger partial charge on any atom is 0.267 e. The summed E-state index contributed by atoms with van der Waals surface area (Å²) >= 11 is 1.53. The van der Waals surface area contributed by atoms with Crippen LogP contribution in [-0.2, 0) is 11.3 Å². The SMILES string of the molecule is CC(C(=O)NCc1cc(-c2ccccc2)ncn1)n1nc(-c2cccs2)ccc1=O. The van der Waals surface area contributed by atoms with Crippen molar-refractivity contribution in [2.24, 2.45) is 0 Å². The molecule has 30 heavy (non-hydrogen) atoms. The van der Waals surface area contributed by atoms with Crippen molar-refractivity contribution in [1.29, 1.82) is 0 Å². The van der Waals surface area contributed by atoms with Gasteiger partial charge >= 0.3 is 0 Å². The fourth-order valence-corrected chi connectivity index (χ4v) is 3.65. The van der Waals surface area contributed by atoms with E-state index in [9.17, 15) is 9.59 Å². The van der Waals surface area contributed by atoms with E-state index in [-0.39, 0.29) is 18.0 Å². The lowest BCUT2D eigenvalue weighted by Crippen LogP contribution is -2.36. The lowest BCUT2D eigenvalue weighted by atomic mass is 10.1. The van der Waals surface area contributed by atoms with Crippen LogP contribution in [0.4, 0.5) is 0 Å². The molecule has 1 amide bonds. The van der Waals surface area contributed by atoms with Crippen LogP contribution in [0.1, 0.15) is 18.7 Å². The fourth-order valence-electron chi connectivity index (χ4n) is 2.96. The molecule has 1 unspecified atom stereocenters. The molecule has 0 spiro atoms. The van der Waals surface area contributed by atoms with Crippen LogP contribution in [0.25, 0.3) is 21.8 Å². The van der Waals surface area contributed by atoms with Crippen molar-refractivity contribution >= 4 is 17.2 Å². The molecule has 1 N–H and O–H groups in total. The van der Waals surface area contributed by atoms with Crippen LogP contribution in [-0.4, -0.2) is 25.7 Å². The molecule has 4 rings (SSSR count). The van der Waals surface area contributed by atoms with Crippen molar-refractivity contribution in [3.05, 3.63) is 88.4 Å². The summed E-state index contributed by atoms with van der Waals surface area (Å²) in [5.74, 6) is -0.312. The van der Waals surface area contributed by atoms with Gasteiger partial charge in [-0.15, -0.1) is 11.3 Å². The number of carbonyl (C=O) groups excluding carboxylic acids is 1. The van der Waals surface area contributed by atoms with Crippen LogP contribution in [0, 0.1) is 0 Å². The summed E-state index contributed by atoms with van der Waals surface area (Å²) in [6.45, 7) is 1.88. The predicted octanol–water partition coefficient (Wildman–Crippen LogP) is 3.31. The third-order valence-electron chi connectivity index (χ3n) is 4.58. The van der Waals surface area contributed by atoms with Gasteiger partial charge in [0.25, 0.3) is 5.56 Å². The Labute approximate surface area is 177 Å². The summed E-state index contributed by atoms with van der Waals surface area (Å²) in [6.07, 6.45) is 1.48. The summed E-state index contributed by atoms with van der Waals surface area (Å²) in [4.78, 5) is 34.4. The summed E-state index contributed by atoms with van der Waals surface area (Å²) in [5.41, 5.74) is 2.77. The van der Waals surface area contributed by atoms with Crippen molar-refractivity contribution in [2.75, 3.05) is 0 Å². The first kappa shape index (κ1) is 19.7. The zero-order chi connectivity index (χ0) is 20.9. The highest BCUT2D eigenvalue weighted by Gasteiger charge is 2.18. The molecule has 0 aliphatic heterocycles. The van der Waals surface area contributed by atoms with E-state index in [1.807, 2.05) is 53.9 Å². The highest BCUT2D eigenvalue weighted by Crippen LogP contribution is 2.21. The smallest absolute Gasteiger partial charge is 0.267 e. The quantitative estimate of drug-likeness (QED) is 0.520. The molecular formula is C22H19N5O2S. The number of aromatic nitrogens is 4. The van der Waals surface area contributed by atoms with Gasteiger partial charge in [0.15, 0.2) is 0 Å². The molecule has 1 atom stereocenters. The Hall–Kier alpha value is -3.65. The highest BCUT2D eigenvalue weighted by molar-refractivity contribution is 7.13. The number of amides is 1. The topological polar surface area (TPSA) is 89.8 Å². The van der Waals surface area contributed by atoms with Gasteiger partial charge in [-0.2, -0.15) is 5.10 Å². The largest absolute Gasteiger partial charge is 0.349 e.